The van der Waals surface area contributed by atoms with Crippen LogP contribution < -0.4 is 14.4 Å². The topological polar surface area (TPSA) is 96.4 Å². The van der Waals surface area contributed by atoms with E-state index >= 15 is 0 Å². The maximum absolute atomic E-state index is 13.0. The number of amides is 2. The van der Waals surface area contributed by atoms with Crippen LogP contribution in [0, 0.1) is 11.8 Å². The third-order valence-corrected chi connectivity index (χ3v) is 5.86. The monoisotopic (exact) mass is 388 g/mol. The third-order valence-electron chi connectivity index (χ3n) is 5.86. The number of fused-ring (bicyclic) bond motifs is 1. The molecule has 2 amide bonds. The number of carbonyl (C=O) groups excluding carboxylic acids is 2. The van der Waals surface area contributed by atoms with E-state index in [4.69, 9.17) is 9.47 Å². The van der Waals surface area contributed by atoms with Gasteiger partial charge in [0.2, 0.25) is 11.8 Å². The van der Waals surface area contributed by atoms with Gasteiger partial charge in [-0.15, -0.1) is 0 Å². The van der Waals surface area contributed by atoms with Crippen LogP contribution in [0.15, 0.2) is 18.2 Å². The van der Waals surface area contributed by atoms with Gasteiger partial charge in [-0.2, -0.15) is 0 Å². The first-order valence-corrected chi connectivity index (χ1v) is 9.70. The Bertz CT molecular complexity index is 810. The summed E-state index contributed by atoms with van der Waals surface area (Å²) in [6.07, 6.45) is 1.62. The van der Waals surface area contributed by atoms with Crippen molar-refractivity contribution in [3.05, 3.63) is 18.2 Å². The molecule has 3 unspecified atom stereocenters. The van der Waals surface area contributed by atoms with Gasteiger partial charge >= 0.3 is 5.97 Å². The second kappa shape index (κ2) is 7.33. The predicted octanol–water partition coefficient (Wildman–Crippen LogP) is 1.52. The Kier molecular flexibility index (Phi) is 4.87. The summed E-state index contributed by atoms with van der Waals surface area (Å²) in [4.78, 5) is 40.5. The number of hydrogen-bond acceptors (Lipinski definition) is 5. The Morgan fingerprint density at radius 1 is 1.11 bits per heavy atom. The van der Waals surface area contributed by atoms with E-state index < -0.39 is 17.8 Å². The number of rotatable bonds is 3. The molecule has 3 aliphatic heterocycles. The van der Waals surface area contributed by atoms with Crippen LogP contribution in [0.25, 0.3) is 0 Å². The zero-order valence-corrected chi connectivity index (χ0v) is 15.8. The summed E-state index contributed by atoms with van der Waals surface area (Å²) in [6, 6.07) is 5.28. The van der Waals surface area contributed by atoms with Gasteiger partial charge < -0.3 is 24.4 Å². The number of anilines is 1. The molecular formula is C20H24N2O6. The highest BCUT2D eigenvalue weighted by Gasteiger charge is 2.43. The Balaban J connectivity index is 1.49. The van der Waals surface area contributed by atoms with Crippen molar-refractivity contribution in [3.63, 3.8) is 0 Å². The summed E-state index contributed by atoms with van der Waals surface area (Å²) >= 11 is 0. The molecule has 0 radical (unpaired) electrons. The van der Waals surface area contributed by atoms with Crippen molar-refractivity contribution >= 4 is 23.5 Å². The van der Waals surface area contributed by atoms with E-state index in [1.807, 2.05) is 6.92 Å². The summed E-state index contributed by atoms with van der Waals surface area (Å²) in [5.74, 6) is -1.47. The number of ether oxygens (including phenoxy) is 2. The molecule has 1 N–H and O–H groups in total. The lowest BCUT2D eigenvalue weighted by molar-refractivity contribution is -0.149. The van der Waals surface area contributed by atoms with Gasteiger partial charge in [-0.3, -0.25) is 14.4 Å². The molecule has 3 aliphatic rings. The maximum atomic E-state index is 13.0. The van der Waals surface area contributed by atoms with E-state index in [2.05, 4.69) is 0 Å². The number of hydrogen-bond donors (Lipinski definition) is 1. The number of aliphatic carboxylic acids is 1. The van der Waals surface area contributed by atoms with E-state index in [1.54, 1.807) is 28.0 Å². The molecule has 2 fully saturated rings. The highest BCUT2D eigenvalue weighted by Crippen LogP contribution is 2.36. The molecule has 0 saturated carbocycles. The van der Waals surface area contributed by atoms with Gasteiger partial charge in [0.25, 0.3) is 0 Å². The predicted molar refractivity (Wildman–Crippen MR) is 99.4 cm³/mol. The molecule has 3 atom stereocenters. The number of likely N-dealkylation sites (tertiary alicyclic amines) is 1. The molecule has 1 aromatic rings. The van der Waals surface area contributed by atoms with Crippen molar-refractivity contribution in [1.29, 1.82) is 0 Å². The lowest BCUT2D eigenvalue weighted by Crippen LogP contribution is -2.50. The fourth-order valence-corrected chi connectivity index (χ4v) is 4.18. The van der Waals surface area contributed by atoms with E-state index in [0.717, 1.165) is 0 Å². The maximum Gasteiger partial charge on any atom is 0.308 e. The molecule has 0 bridgehead atoms. The van der Waals surface area contributed by atoms with Crippen molar-refractivity contribution in [2.75, 3.05) is 31.2 Å². The average molecular weight is 388 g/mol. The average Bonchev–Trinajstić information content (AvgIpc) is 3.08. The zero-order valence-electron chi connectivity index (χ0n) is 15.8. The highest BCUT2D eigenvalue weighted by atomic mass is 16.6. The summed E-state index contributed by atoms with van der Waals surface area (Å²) < 4.78 is 11.1. The molecule has 3 heterocycles. The number of carboxylic acid groups (broad SMARTS) is 1. The summed E-state index contributed by atoms with van der Waals surface area (Å²) in [6.45, 7) is 3.48. The van der Waals surface area contributed by atoms with Gasteiger partial charge in [0.1, 0.15) is 19.1 Å². The van der Waals surface area contributed by atoms with Crippen molar-refractivity contribution in [1.82, 2.24) is 4.90 Å². The van der Waals surface area contributed by atoms with Crippen LogP contribution in [0.5, 0.6) is 11.5 Å². The largest absolute Gasteiger partial charge is 0.486 e. The summed E-state index contributed by atoms with van der Waals surface area (Å²) in [5, 5.41) is 9.29. The standard InChI is InChI=1S/C20H24N2O6/c1-12-2-3-13(20(25)26)11-22(12)19(24)15-6-7-21(18(15)23)14-4-5-16-17(10-14)28-9-8-27-16/h4-5,10,12-13,15H,2-3,6-9,11H2,1H3,(H,25,26). The molecule has 4 rings (SSSR count). The third kappa shape index (κ3) is 3.27. The van der Waals surface area contributed by atoms with Gasteiger partial charge in [0.15, 0.2) is 11.5 Å². The van der Waals surface area contributed by atoms with Crippen LogP contribution in [-0.4, -0.2) is 60.1 Å². The highest BCUT2D eigenvalue weighted by molar-refractivity contribution is 6.09. The normalized spacial score (nSPS) is 27.0. The van der Waals surface area contributed by atoms with Gasteiger partial charge in [-0.05, 0) is 38.3 Å². The molecule has 8 nitrogen and oxygen atoms in total. The Morgan fingerprint density at radius 3 is 2.61 bits per heavy atom. The molecular weight excluding hydrogens is 364 g/mol. The summed E-state index contributed by atoms with van der Waals surface area (Å²) in [5.41, 5.74) is 0.680. The zero-order chi connectivity index (χ0) is 19.8. The minimum atomic E-state index is -0.889. The number of carbonyl (C=O) groups is 3. The smallest absolute Gasteiger partial charge is 0.308 e. The van der Waals surface area contributed by atoms with Crippen LogP contribution in [0.1, 0.15) is 26.2 Å². The minimum Gasteiger partial charge on any atom is -0.486 e. The van der Waals surface area contributed by atoms with Crippen LogP contribution in [0.2, 0.25) is 0 Å². The van der Waals surface area contributed by atoms with Crippen molar-refractivity contribution < 1.29 is 29.0 Å². The Labute approximate surface area is 163 Å². The van der Waals surface area contributed by atoms with Crippen LogP contribution >= 0.6 is 0 Å². The van der Waals surface area contributed by atoms with Crippen molar-refractivity contribution in [2.24, 2.45) is 11.8 Å². The molecule has 1 aromatic carbocycles. The quantitative estimate of drug-likeness (QED) is 0.789. The Hall–Kier alpha value is -2.77. The first-order chi connectivity index (χ1) is 13.5. The number of piperidine rings is 1. The van der Waals surface area contributed by atoms with Crippen LogP contribution in [-0.2, 0) is 14.4 Å². The van der Waals surface area contributed by atoms with Crippen molar-refractivity contribution in [2.45, 2.75) is 32.2 Å². The first kappa shape index (κ1) is 18.6. The second-order valence-corrected chi connectivity index (χ2v) is 7.61. The summed E-state index contributed by atoms with van der Waals surface area (Å²) in [7, 11) is 0. The van der Waals surface area contributed by atoms with Crippen LogP contribution in [0.3, 0.4) is 0 Å². The molecule has 0 spiro atoms. The minimum absolute atomic E-state index is 0.0563. The molecule has 150 valence electrons. The van der Waals surface area contributed by atoms with E-state index in [-0.39, 0.29) is 24.4 Å². The van der Waals surface area contributed by atoms with Gasteiger partial charge in [-0.1, -0.05) is 0 Å². The van der Waals surface area contributed by atoms with Gasteiger partial charge in [-0.25, -0.2) is 0 Å². The lowest BCUT2D eigenvalue weighted by atomic mass is 9.92. The van der Waals surface area contributed by atoms with E-state index in [9.17, 15) is 19.5 Å². The van der Waals surface area contributed by atoms with E-state index in [0.29, 0.717) is 56.2 Å². The fourth-order valence-electron chi connectivity index (χ4n) is 4.18. The fraction of sp³-hybridized carbons (Fsp3) is 0.550. The Morgan fingerprint density at radius 2 is 1.86 bits per heavy atom. The molecule has 28 heavy (non-hydrogen) atoms. The molecule has 2 saturated heterocycles. The first-order valence-electron chi connectivity index (χ1n) is 9.70. The molecule has 0 aliphatic carbocycles. The van der Waals surface area contributed by atoms with Gasteiger partial charge in [0.05, 0.1) is 5.92 Å². The SMILES string of the molecule is CC1CCC(C(=O)O)CN1C(=O)C1CCN(c2ccc3c(c2)OCCO3)C1=O. The van der Waals surface area contributed by atoms with Gasteiger partial charge in [0, 0.05) is 30.9 Å². The second-order valence-electron chi connectivity index (χ2n) is 7.61. The molecule has 0 aromatic heterocycles. The molecule has 8 heteroatoms. The van der Waals surface area contributed by atoms with Crippen molar-refractivity contribution in [3.8, 4) is 11.5 Å². The number of benzene rings is 1. The van der Waals surface area contributed by atoms with Crippen LogP contribution in [0.4, 0.5) is 5.69 Å². The lowest BCUT2D eigenvalue weighted by Gasteiger charge is -2.37. The van der Waals surface area contributed by atoms with E-state index in [1.165, 1.54) is 0 Å². The number of carboxylic acids is 1. The number of nitrogens with zero attached hydrogens (tertiary/aromatic N) is 2.